The van der Waals surface area contributed by atoms with Crippen molar-refractivity contribution in [2.45, 2.75) is 0 Å². The SMILES string of the molecule is C#CC1C=COP(C)(=O)C1. The number of allylic oxidation sites excluding steroid dienone is 1. The number of terminal acetylenes is 1. The van der Waals surface area contributed by atoms with Crippen molar-refractivity contribution in [1.29, 1.82) is 0 Å². The molecule has 2 unspecified atom stereocenters. The summed E-state index contributed by atoms with van der Waals surface area (Å²) in [6.07, 6.45) is 8.81. The van der Waals surface area contributed by atoms with Gasteiger partial charge in [0.05, 0.1) is 18.3 Å². The Morgan fingerprint density at radius 3 is 3.00 bits per heavy atom. The van der Waals surface area contributed by atoms with Crippen molar-refractivity contribution in [3.63, 3.8) is 0 Å². The highest BCUT2D eigenvalue weighted by atomic mass is 31.2. The fourth-order valence-corrected chi connectivity index (χ4v) is 2.18. The summed E-state index contributed by atoms with van der Waals surface area (Å²) in [6, 6.07) is 0. The molecule has 0 fully saturated rings. The maximum atomic E-state index is 11.2. The van der Waals surface area contributed by atoms with Crippen LogP contribution in [-0.4, -0.2) is 12.8 Å². The third-order valence-electron chi connectivity index (χ3n) is 1.34. The van der Waals surface area contributed by atoms with E-state index in [4.69, 9.17) is 10.9 Å². The molecule has 0 N–H and O–H groups in total. The van der Waals surface area contributed by atoms with E-state index in [1.807, 2.05) is 0 Å². The van der Waals surface area contributed by atoms with Gasteiger partial charge in [-0.15, -0.1) is 6.42 Å². The molecule has 0 spiro atoms. The third-order valence-corrected chi connectivity index (χ3v) is 2.96. The topological polar surface area (TPSA) is 26.3 Å². The Kier molecular flexibility index (Phi) is 1.87. The Bertz CT molecular complexity index is 236. The van der Waals surface area contributed by atoms with Gasteiger partial charge in [0.1, 0.15) is 0 Å². The summed E-state index contributed by atoms with van der Waals surface area (Å²) in [7, 11) is -2.39. The summed E-state index contributed by atoms with van der Waals surface area (Å²) in [5.41, 5.74) is 0. The Morgan fingerprint density at radius 1 is 1.90 bits per heavy atom. The molecule has 0 amide bonds. The zero-order chi connectivity index (χ0) is 7.61. The van der Waals surface area contributed by atoms with Crippen LogP contribution in [0.25, 0.3) is 0 Å². The monoisotopic (exact) mass is 156 g/mol. The fourth-order valence-electron chi connectivity index (χ4n) is 0.828. The van der Waals surface area contributed by atoms with E-state index in [0.29, 0.717) is 6.16 Å². The van der Waals surface area contributed by atoms with E-state index >= 15 is 0 Å². The van der Waals surface area contributed by atoms with Gasteiger partial charge in [0.2, 0.25) is 7.37 Å². The molecule has 0 bridgehead atoms. The highest BCUT2D eigenvalue weighted by Gasteiger charge is 2.22. The van der Waals surface area contributed by atoms with Crippen LogP contribution < -0.4 is 0 Å². The summed E-state index contributed by atoms with van der Waals surface area (Å²) in [6.45, 7) is 1.60. The molecule has 0 saturated heterocycles. The summed E-state index contributed by atoms with van der Waals surface area (Å²) in [4.78, 5) is 0. The molecule has 0 saturated carbocycles. The molecule has 0 radical (unpaired) electrons. The minimum Gasteiger partial charge on any atom is -0.451 e. The van der Waals surface area contributed by atoms with Crippen LogP contribution in [-0.2, 0) is 9.09 Å². The second-order valence-electron chi connectivity index (χ2n) is 2.40. The zero-order valence-corrected chi connectivity index (χ0v) is 6.67. The fraction of sp³-hybridized carbons (Fsp3) is 0.429. The normalized spacial score (nSPS) is 38.2. The molecule has 2 atom stereocenters. The first-order valence-corrected chi connectivity index (χ1v) is 5.27. The van der Waals surface area contributed by atoms with E-state index in [1.165, 1.54) is 6.26 Å². The second kappa shape index (κ2) is 2.52. The van der Waals surface area contributed by atoms with Crippen molar-refractivity contribution < 1.29 is 9.09 Å². The Labute approximate surface area is 60.7 Å². The van der Waals surface area contributed by atoms with Crippen molar-refractivity contribution in [2.75, 3.05) is 12.8 Å². The predicted molar refractivity (Wildman–Crippen MR) is 40.9 cm³/mol. The van der Waals surface area contributed by atoms with Gasteiger partial charge >= 0.3 is 0 Å². The Morgan fingerprint density at radius 2 is 2.60 bits per heavy atom. The summed E-state index contributed by atoms with van der Waals surface area (Å²) < 4.78 is 16.1. The highest BCUT2D eigenvalue weighted by Crippen LogP contribution is 2.47. The lowest BCUT2D eigenvalue weighted by Gasteiger charge is -2.18. The van der Waals surface area contributed by atoms with Crippen LogP contribution in [0.15, 0.2) is 12.3 Å². The minimum atomic E-state index is -2.39. The van der Waals surface area contributed by atoms with Gasteiger partial charge in [-0.05, 0) is 6.08 Å². The lowest BCUT2D eigenvalue weighted by atomic mass is 10.2. The molecule has 1 aliphatic rings. The van der Waals surface area contributed by atoms with Crippen molar-refractivity contribution in [3.8, 4) is 12.3 Å². The molecular formula is C7H9O2P. The summed E-state index contributed by atoms with van der Waals surface area (Å²) in [5, 5.41) is 0. The molecule has 0 aromatic heterocycles. The molecule has 2 nitrogen and oxygen atoms in total. The molecule has 1 heterocycles. The zero-order valence-electron chi connectivity index (χ0n) is 5.78. The van der Waals surface area contributed by atoms with E-state index in [1.54, 1.807) is 12.7 Å². The molecule has 0 aliphatic carbocycles. The van der Waals surface area contributed by atoms with Crippen LogP contribution in [0.5, 0.6) is 0 Å². The maximum Gasteiger partial charge on any atom is 0.245 e. The molecule has 3 heteroatoms. The smallest absolute Gasteiger partial charge is 0.245 e. The van der Waals surface area contributed by atoms with Gasteiger partial charge in [-0.2, -0.15) is 0 Å². The predicted octanol–water partition coefficient (Wildman–Crippen LogP) is 1.69. The molecule has 0 aromatic carbocycles. The van der Waals surface area contributed by atoms with E-state index in [0.717, 1.165) is 0 Å². The largest absolute Gasteiger partial charge is 0.451 e. The lowest BCUT2D eigenvalue weighted by molar-refractivity contribution is 0.430. The van der Waals surface area contributed by atoms with E-state index in [2.05, 4.69) is 5.92 Å². The first-order chi connectivity index (χ1) is 4.64. The van der Waals surface area contributed by atoms with Gasteiger partial charge in [0, 0.05) is 6.66 Å². The van der Waals surface area contributed by atoms with Gasteiger partial charge in [0.15, 0.2) is 0 Å². The molecular weight excluding hydrogens is 147 g/mol. The van der Waals surface area contributed by atoms with Crippen LogP contribution >= 0.6 is 7.37 Å². The third kappa shape index (κ3) is 1.65. The van der Waals surface area contributed by atoms with Gasteiger partial charge in [0.25, 0.3) is 0 Å². The average molecular weight is 156 g/mol. The van der Waals surface area contributed by atoms with Crippen LogP contribution in [0.1, 0.15) is 0 Å². The van der Waals surface area contributed by atoms with E-state index < -0.39 is 7.37 Å². The van der Waals surface area contributed by atoms with Crippen molar-refractivity contribution in [3.05, 3.63) is 12.3 Å². The molecule has 1 rings (SSSR count). The summed E-state index contributed by atoms with van der Waals surface area (Å²) >= 11 is 0. The minimum absolute atomic E-state index is 0.00965. The molecule has 10 heavy (non-hydrogen) atoms. The van der Waals surface area contributed by atoms with Gasteiger partial charge in [-0.3, -0.25) is 4.57 Å². The van der Waals surface area contributed by atoms with Crippen LogP contribution in [0.3, 0.4) is 0 Å². The number of rotatable bonds is 0. The van der Waals surface area contributed by atoms with Crippen LogP contribution in [0.4, 0.5) is 0 Å². The molecule has 54 valence electrons. The lowest BCUT2D eigenvalue weighted by Crippen LogP contribution is -2.05. The average Bonchev–Trinajstić information content (AvgIpc) is 1.86. The van der Waals surface area contributed by atoms with Crippen LogP contribution in [0, 0.1) is 18.3 Å². The Hall–Kier alpha value is -0.670. The molecule has 0 aromatic rings. The van der Waals surface area contributed by atoms with Crippen molar-refractivity contribution >= 4 is 7.37 Å². The van der Waals surface area contributed by atoms with Gasteiger partial charge in [-0.25, -0.2) is 0 Å². The highest BCUT2D eigenvalue weighted by molar-refractivity contribution is 7.58. The quantitative estimate of drug-likeness (QED) is 0.394. The van der Waals surface area contributed by atoms with E-state index in [9.17, 15) is 4.57 Å². The van der Waals surface area contributed by atoms with Crippen molar-refractivity contribution in [2.24, 2.45) is 5.92 Å². The van der Waals surface area contributed by atoms with Crippen molar-refractivity contribution in [1.82, 2.24) is 0 Å². The van der Waals surface area contributed by atoms with Gasteiger partial charge < -0.3 is 4.52 Å². The first-order valence-electron chi connectivity index (χ1n) is 3.02. The number of hydrogen-bond acceptors (Lipinski definition) is 2. The second-order valence-corrected chi connectivity index (χ2v) is 5.01. The standard InChI is InChI=1S/C7H9O2P/c1-3-7-4-5-9-10(2,8)6-7/h1,4-5,7H,6H2,2H3. The van der Waals surface area contributed by atoms with Crippen LogP contribution in [0.2, 0.25) is 0 Å². The maximum absolute atomic E-state index is 11.2. The summed E-state index contributed by atoms with van der Waals surface area (Å²) in [5.74, 6) is 2.51. The van der Waals surface area contributed by atoms with E-state index in [-0.39, 0.29) is 5.92 Å². The Balaban J connectivity index is 2.75. The van der Waals surface area contributed by atoms with Gasteiger partial charge in [-0.1, -0.05) is 5.92 Å². The molecule has 1 aliphatic heterocycles. The number of hydrogen-bond donors (Lipinski definition) is 0. The first kappa shape index (κ1) is 7.44.